The maximum atomic E-state index is 13.8. The van der Waals surface area contributed by atoms with E-state index in [1.807, 2.05) is 0 Å². The lowest BCUT2D eigenvalue weighted by molar-refractivity contribution is 0.0691. The first kappa shape index (κ1) is 12.6. The van der Waals surface area contributed by atoms with Gasteiger partial charge in [-0.15, -0.1) is 11.3 Å². The SMILES string of the molecule is CCc1cc(F)c(-c2nc(C(=O)O)cs2)c(F)c1. The van der Waals surface area contributed by atoms with Crippen LogP contribution in [0.2, 0.25) is 0 Å². The van der Waals surface area contributed by atoms with Crippen molar-refractivity contribution in [3.05, 3.63) is 40.4 Å². The molecule has 94 valence electrons. The van der Waals surface area contributed by atoms with E-state index in [4.69, 9.17) is 5.11 Å². The van der Waals surface area contributed by atoms with Crippen LogP contribution >= 0.6 is 11.3 Å². The van der Waals surface area contributed by atoms with Gasteiger partial charge >= 0.3 is 5.97 Å². The van der Waals surface area contributed by atoms with Gasteiger partial charge in [0.15, 0.2) is 5.69 Å². The topological polar surface area (TPSA) is 50.2 Å². The molecule has 1 heterocycles. The Morgan fingerprint density at radius 3 is 2.44 bits per heavy atom. The number of thiazole rings is 1. The van der Waals surface area contributed by atoms with Gasteiger partial charge in [0, 0.05) is 5.38 Å². The van der Waals surface area contributed by atoms with E-state index in [-0.39, 0.29) is 16.3 Å². The average molecular weight is 269 g/mol. The molecular formula is C12H9F2NO2S. The second-order valence-electron chi connectivity index (χ2n) is 3.63. The van der Waals surface area contributed by atoms with Crippen LogP contribution in [0, 0.1) is 11.6 Å². The van der Waals surface area contributed by atoms with E-state index in [9.17, 15) is 13.6 Å². The van der Waals surface area contributed by atoms with Crippen LogP contribution in [-0.2, 0) is 6.42 Å². The van der Waals surface area contributed by atoms with Crippen LogP contribution in [0.25, 0.3) is 10.6 Å². The van der Waals surface area contributed by atoms with Crippen LogP contribution in [0.4, 0.5) is 8.78 Å². The summed E-state index contributed by atoms with van der Waals surface area (Å²) in [5, 5.41) is 10.0. The minimum Gasteiger partial charge on any atom is -0.476 e. The number of aromatic carboxylic acids is 1. The fourth-order valence-corrected chi connectivity index (χ4v) is 2.36. The Morgan fingerprint density at radius 1 is 1.39 bits per heavy atom. The van der Waals surface area contributed by atoms with Crippen LogP contribution in [0.15, 0.2) is 17.5 Å². The number of carboxylic acids is 1. The number of aromatic nitrogens is 1. The van der Waals surface area contributed by atoms with Crippen molar-refractivity contribution in [2.45, 2.75) is 13.3 Å². The largest absolute Gasteiger partial charge is 0.476 e. The van der Waals surface area contributed by atoms with Gasteiger partial charge < -0.3 is 5.11 Å². The number of nitrogens with zero attached hydrogens (tertiary/aromatic N) is 1. The van der Waals surface area contributed by atoms with Gasteiger partial charge in [-0.25, -0.2) is 18.6 Å². The molecule has 18 heavy (non-hydrogen) atoms. The third-order valence-corrected chi connectivity index (χ3v) is 3.31. The fraction of sp³-hybridized carbons (Fsp3) is 0.167. The van der Waals surface area contributed by atoms with Crippen molar-refractivity contribution in [3.8, 4) is 10.6 Å². The van der Waals surface area contributed by atoms with Crippen LogP contribution in [0.5, 0.6) is 0 Å². The number of aryl methyl sites for hydroxylation is 1. The molecule has 1 aromatic carbocycles. The molecule has 0 bridgehead atoms. The number of hydrogen-bond donors (Lipinski definition) is 1. The molecule has 2 aromatic rings. The minimum absolute atomic E-state index is 0.0325. The summed E-state index contributed by atoms with van der Waals surface area (Å²) in [5.41, 5.74) is 0.0573. The number of hydrogen-bond acceptors (Lipinski definition) is 3. The quantitative estimate of drug-likeness (QED) is 0.929. The van der Waals surface area contributed by atoms with E-state index >= 15 is 0 Å². The highest BCUT2D eigenvalue weighted by molar-refractivity contribution is 7.13. The zero-order chi connectivity index (χ0) is 13.3. The standard InChI is InChI=1S/C12H9F2NO2S/c1-2-6-3-7(13)10(8(14)4-6)11-15-9(5-18-11)12(16)17/h3-5H,2H2,1H3,(H,16,17). The number of carbonyl (C=O) groups is 1. The van der Waals surface area contributed by atoms with Gasteiger partial charge in [-0.3, -0.25) is 0 Å². The Kier molecular flexibility index (Phi) is 3.38. The van der Waals surface area contributed by atoms with Crippen molar-refractivity contribution in [1.82, 2.24) is 4.98 Å². The first-order chi connectivity index (χ1) is 8.52. The van der Waals surface area contributed by atoms with E-state index in [0.29, 0.717) is 12.0 Å². The Labute approximate surface area is 106 Å². The molecule has 0 aliphatic rings. The monoisotopic (exact) mass is 269 g/mol. The van der Waals surface area contributed by atoms with Gasteiger partial charge in [-0.2, -0.15) is 0 Å². The lowest BCUT2D eigenvalue weighted by Crippen LogP contribution is -1.97. The first-order valence-electron chi connectivity index (χ1n) is 5.20. The Hall–Kier alpha value is -1.82. The van der Waals surface area contributed by atoms with Crippen molar-refractivity contribution in [2.75, 3.05) is 0 Å². The summed E-state index contributed by atoms with van der Waals surface area (Å²) in [4.78, 5) is 14.4. The van der Waals surface area contributed by atoms with Crippen molar-refractivity contribution in [3.63, 3.8) is 0 Å². The van der Waals surface area contributed by atoms with Crippen LogP contribution in [0.1, 0.15) is 23.0 Å². The second kappa shape index (κ2) is 4.81. The van der Waals surface area contributed by atoms with Gasteiger partial charge in [-0.05, 0) is 24.1 Å². The summed E-state index contributed by atoms with van der Waals surface area (Å²) < 4.78 is 27.5. The highest BCUT2D eigenvalue weighted by Crippen LogP contribution is 2.30. The summed E-state index contributed by atoms with van der Waals surface area (Å²) in [7, 11) is 0. The predicted molar refractivity (Wildman–Crippen MR) is 63.8 cm³/mol. The van der Waals surface area contributed by atoms with Gasteiger partial charge in [0.25, 0.3) is 0 Å². The molecular weight excluding hydrogens is 260 g/mol. The molecule has 0 amide bonds. The Balaban J connectivity index is 2.53. The molecule has 0 aliphatic carbocycles. The second-order valence-corrected chi connectivity index (χ2v) is 4.49. The van der Waals surface area contributed by atoms with Crippen molar-refractivity contribution >= 4 is 17.3 Å². The molecule has 2 rings (SSSR count). The van der Waals surface area contributed by atoms with Crippen LogP contribution < -0.4 is 0 Å². The van der Waals surface area contributed by atoms with Gasteiger partial charge in [-0.1, -0.05) is 6.92 Å². The molecule has 0 unspecified atom stereocenters. The number of rotatable bonds is 3. The third kappa shape index (κ3) is 2.24. The zero-order valence-electron chi connectivity index (χ0n) is 9.41. The predicted octanol–water partition coefficient (Wildman–Crippen LogP) is 3.35. The molecule has 6 heteroatoms. The maximum Gasteiger partial charge on any atom is 0.355 e. The van der Waals surface area contributed by atoms with Gasteiger partial charge in [0.05, 0.1) is 5.56 Å². The molecule has 1 N–H and O–H groups in total. The van der Waals surface area contributed by atoms with E-state index < -0.39 is 17.6 Å². The summed E-state index contributed by atoms with van der Waals surface area (Å²) in [6, 6.07) is 2.47. The van der Waals surface area contributed by atoms with E-state index in [2.05, 4.69) is 4.98 Å². The summed E-state index contributed by atoms with van der Waals surface area (Å²) in [6.45, 7) is 1.79. The smallest absolute Gasteiger partial charge is 0.355 e. The molecule has 0 fully saturated rings. The van der Waals surface area contributed by atoms with E-state index in [1.165, 1.54) is 17.5 Å². The summed E-state index contributed by atoms with van der Waals surface area (Å²) >= 11 is 0.901. The van der Waals surface area contributed by atoms with Crippen molar-refractivity contribution in [2.24, 2.45) is 0 Å². The van der Waals surface area contributed by atoms with E-state index in [0.717, 1.165) is 11.3 Å². The molecule has 3 nitrogen and oxygen atoms in total. The molecule has 0 saturated carbocycles. The van der Waals surface area contributed by atoms with Crippen molar-refractivity contribution in [1.29, 1.82) is 0 Å². The van der Waals surface area contributed by atoms with Gasteiger partial charge in [0.1, 0.15) is 16.6 Å². The highest BCUT2D eigenvalue weighted by Gasteiger charge is 2.18. The summed E-state index contributed by atoms with van der Waals surface area (Å²) in [6.07, 6.45) is 0.520. The molecule has 0 radical (unpaired) electrons. The number of carboxylic acid groups (broad SMARTS) is 1. The lowest BCUT2D eigenvalue weighted by atomic mass is 10.1. The van der Waals surface area contributed by atoms with Crippen LogP contribution in [0.3, 0.4) is 0 Å². The zero-order valence-corrected chi connectivity index (χ0v) is 10.2. The normalized spacial score (nSPS) is 10.6. The van der Waals surface area contributed by atoms with Crippen LogP contribution in [-0.4, -0.2) is 16.1 Å². The molecule has 0 aliphatic heterocycles. The average Bonchev–Trinajstić information content (AvgIpc) is 2.77. The Bertz CT molecular complexity index is 587. The number of halogens is 2. The molecule has 0 spiro atoms. The van der Waals surface area contributed by atoms with E-state index in [1.54, 1.807) is 6.92 Å². The Morgan fingerprint density at radius 2 is 2.00 bits per heavy atom. The van der Waals surface area contributed by atoms with Crippen molar-refractivity contribution < 1.29 is 18.7 Å². The molecule has 0 atom stereocenters. The summed E-state index contributed by atoms with van der Waals surface area (Å²) in [5.74, 6) is -2.67. The third-order valence-electron chi connectivity index (χ3n) is 2.45. The van der Waals surface area contributed by atoms with Gasteiger partial charge in [0.2, 0.25) is 0 Å². The first-order valence-corrected chi connectivity index (χ1v) is 6.08. The number of benzene rings is 1. The minimum atomic E-state index is -1.22. The highest BCUT2D eigenvalue weighted by atomic mass is 32.1. The fourth-order valence-electron chi connectivity index (χ4n) is 1.52. The molecule has 1 aromatic heterocycles. The molecule has 0 saturated heterocycles. The lowest BCUT2D eigenvalue weighted by Gasteiger charge is -2.04. The maximum absolute atomic E-state index is 13.8.